The van der Waals surface area contributed by atoms with Crippen LogP contribution in [0.25, 0.3) is 22.2 Å². The molecule has 5 nitrogen and oxygen atoms in total. The Labute approximate surface area is 243 Å². The second-order valence-corrected chi connectivity index (χ2v) is 10.9. The van der Waals surface area contributed by atoms with Gasteiger partial charge >= 0.3 is 0 Å². The van der Waals surface area contributed by atoms with Crippen molar-refractivity contribution < 1.29 is 9.53 Å². The van der Waals surface area contributed by atoms with Crippen molar-refractivity contribution in [1.29, 1.82) is 0 Å². The van der Waals surface area contributed by atoms with Crippen LogP contribution in [0.2, 0.25) is 0 Å². The van der Waals surface area contributed by atoms with Crippen molar-refractivity contribution in [2.24, 2.45) is 0 Å². The normalized spacial score (nSPS) is 12.0. The third-order valence-corrected chi connectivity index (χ3v) is 7.45. The Balaban J connectivity index is 1.20. The summed E-state index contributed by atoms with van der Waals surface area (Å²) in [4.78, 5) is 17.9. The molecule has 1 unspecified atom stereocenters. The number of carbonyl (C=O) groups excluding carboxylic acids is 1. The van der Waals surface area contributed by atoms with Crippen molar-refractivity contribution >= 4 is 16.9 Å². The number of para-hydroxylation sites is 3. The van der Waals surface area contributed by atoms with Crippen molar-refractivity contribution in [3.8, 4) is 16.9 Å². The predicted octanol–water partition coefficient (Wildman–Crippen LogP) is 8.11. The van der Waals surface area contributed by atoms with Crippen molar-refractivity contribution in [2.45, 2.75) is 58.5 Å². The van der Waals surface area contributed by atoms with E-state index in [1.807, 2.05) is 61.5 Å². The lowest BCUT2D eigenvalue weighted by molar-refractivity contribution is -0.121. The van der Waals surface area contributed by atoms with Crippen LogP contribution in [0.5, 0.6) is 5.75 Å². The Kier molecular flexibility index (Phi) is 9.15. The highest BCUT2D eigenvalue weighted by atomic mass is 16.5. The van der Waals surface area contributed by atoms with Crippen LogP contribution in [-0.4, -0.2) is 22.1 Å². The maximum Gasteiger partial charge on any atom is 0.224 e. The van der Waals surface area contributed by atoms with E-state index in [9.17, 15) is 4.79 Å². The molecule has 1 atom stereocenters. The molecule has 1 N–H and O–H groups in total. The minimum Gasteiger partial charge on any atom is -0.493 e. The smallest absolute Gasteiger partial charge is 0.224 e. The van der Waals surface area contributed by atoms with E-state index >= 15 is 0 Å². The van der Waals surface area contributed by atoms with Crippen LogP contribution in [-0.2, 0) is 17.8 Å². The molecule has 0 aliphatic carbocycles. The van der Waals surface area contributed by atoms with Crippen molar-refractivity contribution in [1.82, 2.24) is 14.9 Å². The highest BCUT2D eigenvalue weighted by Gasteiger charge is 2.18. The zero-order valence-electron chi connectivity index (χ0n) is 24.2. The third-order valence-electron chi connectivity index (χ3n) is 7.45. The van der Waals surface area contributed by atoms with E-state index in [0.717, 1.165) is 53.1 Å². The molecular formula is C36H39N3O2. The lowest BCUT2D eigenvalue weighted by atomic mass is 10.0. The molecule has 0 aliphatic rings. The SMILES string of the molecule is CC(C)c1ccccc1OCCCCn1c(C(C)NC(=O)Cc2ccc(-c3ccccc3)cc2)nc2ccccc21. The van der Waals surface area contributed by atoms with E-state index in [0.29, 0.717) is 18.9 Å². The molecular weight excluding hydrogens is 506 g/mol. The molecule has 210 valence electrons. The topological polar surface area (TPSA) is 56.1 Å². The maximum absolute atomic E-state index is 13.0. The van der Waals surface area contributed by atoms with Gasteiger partial charge in [-0.05, 0) is 66.1 Å². The van der Waals surface area contributed by atoms with Gasteiger partial charge in [0.15, 0.2) is 0 Å². The zero-order valence-corrected chi connectivity index (χ0v) is 24.2. The van der Waals surface area contributed by atoms with Crippen LogP contribution in [0.15, 0.2) is 103 Å². The molecule has 0 fully saturated rings. The number of unbranched alkanes of at least 4 members (excludes halogenated alkanes) is 1. The standard InChI is InChI=1S/C36H39N3O2/c1-26(2)31-15-7-10-18-34(31)41-24-12-11-23-39-33-17-9-8-16-32(33)38-36(39)27(3)37-35(40)25-28-19-21-30(22-20-28)29-13-5-4-6-14-29/h4-10,13-22,26-27H,11-12,23-25H2,1-3H3,(H,37,40). The fourth-order valence-electron chi connectivity index (χ4n) is 5.29. The number of ether oxygens (including phenoxy) is 1. The highest BCUT2D eigenvalue weighted by molar-refractivity contribution is 5.80. The second kappa shape index (κ2) is 13.3. The number of imidazole rings is 1. The largest absolute Gasteiger partial charge is 0.493 e. The number of hydrogen-bond donors (Lipinski definition) is 1. The first kappa shape index (κ1) is 28.2. The first-order valence-corrected chi connectivity index (χ1v) is 14.6. The van der Waals surface area contributed by atoms with Gasteiger partial charge in [0.05, 0.1) is 30.1 Å². The molecule has 5 heteroatoms. The zero-order chi connectivity index (χ0) is 28.6. The summed E-state index contributed by atoms with van der Waals surface area (Å²) in [7, 11) is 0. The third kappa shape index (κ3) is 7.04. The first-order chi connectivity index (χ1) is 20.0. The van der Waals surface area contributed by atoms with Crippen LogP contribution < -0.4 is 10.1 Å². The Hall–Kier alpha value is -4.38. The molecule has 1 heterocycles. The molecule has 5 aromatic rings. The van der Waals surface area contributed by atoms with Gasteiger partial charge in [-0.3, -0.25) is 4.79 Å². The number of nitrogens with one attached hydrogen (secondary N) is 1. The molecule has 0 spiro atoms. The van der Waals surface area contributed by atoms with E-state index in [1.165, 1.54) is 11.1 Å². The van der Waals surface area contributed by atoms with Crippen molar-refractivity contribution in [2.75, 3.05) is 6.61 Å². The van der Waals surface area contributed by atoms with E-state index in [2.05, 4.69) is 72.3 Å². The van der Waals surface area contributed by atoms with Crippen LogP contribution in [0.4, 0.5) is 0 Å². The number of carbonyl (C=O) groups is 1. The summed E-state index contributed by atoms with van der Waals surface area (Å²) in [6.07, 6.45) is 2.21. The Bertz CT molecular complexity index is 1570. The fraction of sp³-hybridized carbons (Fsp3) is 0.278. The maximum atomic E-state index is 13.0. The van der Waals surface area contributed by atoms with Gasteiger partial charge in [0, 0.05) is 6.54 Å². The monoisotopic (exact) mass is 545 g/mol. The number of aryl methyl sites for hydroxylation is 1. The van der Waals surface area contributed by atoms with E-state index in [-0.39, 0.29) is 11.9 Å². The van der Waals surface area contributed by atoms with E-state index in [1.54, 1.807) is 0 Å². The van der Waals surface area contributed by atoms with Gasteiger partial charge in [0.25, 0.3) is 0 Å². The number of amides is 1. The van der Waals surface area contributed by atoms with E-state index < -0.39 is 0 Å². The summed E-state index contributed by atoms with van der Waals surface area (Å²) in [5.74, 6) is 2.27. The summed E-state index contributed by atoms with van der Waals surface area (Å²) in [5.41, 5.74) is 6.58. The Morgan fingerprint density at radius 1 is 0.805 bits per heavy atom. The fourth-order valence-corrected chi connectivity index (χ4v) is 5.29. The molecule has 0 saturated heterocycles. The lowest BCUT2D eigenvalue weighted by Gasteiger charge is -2.17. The molecule has 41 heavy (non-hydrogen) atoms. The molecule has 0 saturated carbocycles. The van der Waals surface area contributed by atoms with Crippen molar-refractivity contribution in [3.05, 3.63) is 120 Å². The summed E-state index contributed by atoms with van der Waals surface area (Å²) in [6, 6.07) is 34.7. The predicted molar refractivity (Wildman–Crippen MR) is 167 cm³/mol. The molecule has 5 rings (SSSR count). The Morgan fingerprint density at radius 3 is 2.27 bits per heavy atom. The summed E-state index contributed by atoms with van der Waals surface area (Å²) in [6.45, 7) is 7.87. The molecule has 0 radical (unpaired) electrons. The number of fused-ring (bicyclic) bond motifs is 1. The molecule has 0 bridgehead atoms. The average molecular weight is 546 g/mol. The van der Waals surface area contributed by atoms with Crippen molar-refractivity contribution in [3.63, 3.8) is 0 Å². The van der Waals surface area contributed by atoms with Gasteiger partial charge in [-0.25, -0.2) is 4.98 Å². The van der Waals surface area contributed by atoms with Gasteiger partial charge < -0.3 is 14.6 Å². The number of benzene rings is 4. The quantitative estimate of drug-likeness (QED) is 0.161. The number of hydrogen-bond acceptors (Lipinski definition) is 3. The number of nitrogens with zero attached hydrogens (tertiary/aromatic N) is 2. The van der Waals surface area contributed by atoms with Gasteiger partial charge in [-0.15, -0.1) is 0 Å². The Morgan fingerprint density at radius 2 is 1.49 bits per heavy atom. The van der Waals surface area contributed by atoms with Crippen LogP contribution in [0, 0.1) is 0 Å². The lowest BCUT2D eigenvalue weighted by Crippen LogP contribution is -2.30. The minimum atomic E-state index is -0.215. The molecule has 4 aromatic carbocycles. The number of rotatable bonds is 12. The summed E-state index contributed by atoms with van der Waals surface area (Å²) < 4.78 is 8.39. The van der Waals surface area contributed by atoms with E-state index in [4.69, 9.17) is 9.72 Å². The second-order valence-electron chi connectivity index (χ2n) is 10.9. The summed E-state index contributed by atoms with van der Waals surface area (Å²) in [5, 5.41) is 3.19. The van der Waals surface area contributed by atoms with Gasteiger partial charge in [-0.2, -0.15) is 0 Å². The van der Waals surface area contributed by atoms with Crippen LogP contribution >= 0.6 is 0 Å². The average Bonchev–Trinajstić information content (AvgIpc) is 3.36. The highest BCUT2D eigenvalue weighted by Crippen LogP contribution is 2.26. The van der Waals surface area contributed by atoms with Crippen LogP contribution in [0.1, 0.15) is 62.5 Å². The molecule has 1 amide bonds. The van der Waals surface area contributed by atoms with Gasteiger partial charge in [0.1, 0.15) is 11.6 Å². The molecule has 0 aliphatic heterocycles. The van der Waals surface area contributed by atoms with Crippen LogP contribution in [0.3, 0.4) is 0 Å². The first-order valence-electron chi connectivity index (χ1n) is 14.6. The number of aromatic nitrogens is 2. The van der Waals surface area contributed by atoms with Gasteiger partial charge in [0.2, 0.25) is 5.91 Å². The summed E-state index contributed by atoms with van der Waals surface area (Å²) >= 11 is 0. The minimum absolute atomic E-state index is 0.0132. The molecule has 1 aromatic heterocycles. The van der Waals surface area contributed by atoms with Gasteiger partial charge in [-0.1, -0.05) is 98.8 Å².